The molecular formula is C19H20NO. The van der Waals surface area contributed by atoms with Gasteiger partial charge >= 0.3 is 0 Å². The largest absolute Gasteiger partial charge is 0.339 e. The molecule has 1 heterocycles. The molecule has 1 fully saturated rings. The van der Waals surface area contributed by atoms with Crippen molar-refractivity contribution in [3.05, 3.63) is 78.2 Å². The zero-order chi connectivity index (χ0) is 14.7. The van der Waals surface area contributed by atoms with Crippen molar-refractivity contribution >= 4 is 5.91 Å². The van der Waals surface area contributed by atoms with Crippen molar-refractivity contribution in [1.82, 2.24) is 4.90 Å². The zero-order valence-corrected chi connectivity index (χ0v) is 12.2. The summed E-state index contributed by atoms with van der Waals surface area (Å²) in [6.07, 6.45) is 2.09. The lowest BCUT2D eigenvalue weighted by molar-refractivity contribution is 0.0713. The standard InChI is InChI=1S/C19H20NO/c1-15-7-9-18(10-8-15)19(21)20-13-11-17(12-14-20)16-5-3-2-4-6-16/h2-10,17H,1,11-14H2. The molecule has 0 bridgehead atoms. The second-order valence-electron chi connectivity index (χ2n) is 5.67. The lowest BCUT2D eigenvalue weighted by Crippen LogP contribution is -2.37. The Hall–Kier alpha value is -2.09. The quantitative estimate of drug-likeness (QED) is 0.816. The predicted octanol–water partition coefficient (Wildman–Crippen LogP) is 3.89. The maximum Gasteiger partial charge on any atom is 0.253 e. The predicted molar refractivity (Wildman–Crippen MR) is 85.2 cm³/mol. The van der Waals surface area contributed by atoms with Gasteiger partial charge in [-0.25, -0.2) is 0 Å². The van der Waals surface area contributed by atoms with Gasteiger partial charge in [0.1, 0.15) is 0 Å². The van der Waals surface area contributed by atoms with Crippen LogP contribution >= 0.6 is 0 Å². The van der Waals surface area contributed by atoms with Crippen molar-refractivity contribution in [1.29, 1.82) is 0 Å². The molecule has 1 amide bonds. The van der Waals surface area contributed by atoms with Gasteiger partial charge in [-0.2, -0.15) is 0 Å². The summed E-state index contributed by atoms with van der Waals surface area (Å²) in [5.41, 5.74) is 3.10. The summed E-state index contributed by atoms with van der Waals surface area (Å²) in [6, 6.07) is 18.1. The van der Waals surface area contributed by atoms with Crippen molar-refractivity contribution in [2.75, 3.05) is 13.1 Å². The van der Waals surface area contributed by atoms with Crippen LogP contribution in [-0.2, 0) is 0 Å². The molecule has 1 aliphatic rings. The van der Waals surface area contributed by atoms with Crippen LogP contribution in [0.2, 0.25) is 0 Å². The number of hydrogen-bond acceptors (Lipinski definition) is 1. The molecule has 2 nitrogen and oxygen atoms in total. The van der Waals surface area contributed by atoms with E-state index in [1.807, 2.05) is 29.2 Å². The lowest BCUT2D eigenvalue weighted by Gasteiger charge is -2.32. The van der Waals surface area contributed by atoms with E-state index in [4.69, 9.17) is 0 Å². The molecule has 0 aliphatic carbocycles. The molecule has 107 valence electrons. The molecule has 3 rings (SSSR count). The highest BCUT2D eigenvalue weighted by molar-refractivity contribution is 5.94. The van der Waals surface area contributed by atoms with Crippen molar-refractivity contribution in [2.45, 2.75) is 18.8 Å². The summed E-state index contributed by atoms with van der Waals surface area (Å²) in [4.78, 5) is 14.4. The minimum Gasteiger partial charge on any atom is -0.339 e. The third-order valence-electron chi connectivity index (χ3n) is 4.25. The average molecular weight is 278 g/mol. The number of hydrogen-bond donors (Lipinski definition) is 0. The Morgan fingerprint density at radius 1 is 0.952 bits per heavy atom. The Kier molecular flexibility index (Phi) is 4.05. The number of piperidine rings is 1. The van der Waals surface area contributed by atoms with Crippen molar-refractivity contribution in [3.63, 3.8) is 0 Å². The molecule has 1 saturated heterocycles. The van der Waals surface area contributed by atoms with Gasteiger partial charge in [0, 0.05) is 18.7 Å². The third-order valence-corrected chi connectivity index (χ3v) is 4.25. The molecule has 0 spiro atoms. The molecule has 1 radical (unpaired) electrons. The second-order valence-corrected chi connectivity index (χ2v) is 5.67. The number of rotatable bonds is 2. The molecule has 2 aromatic carbocycles. The minimum absolute atomic E-state index is 0.140. The maximum atomic E-state index is 12.5. The molecule has 0 N–H and O–H groups in total. The Labute approximate surface area is 126 Å². The van der Waals surface area contributed by atoms with Crippen LogP contribution in [0.25, 0.3) is 0 Å². The Bertz CT molecular complexity index is 595. The van der Waals surface area contributed by atoms with Gasteiger partial charge in [-0.05, 0) is 48.9 Å². The van der Waals surface area contributed by atoms with Crippen molar-refractivity contribution < 1.29 is 4.79 Å². The molecule has 1 aliphatic heterocycles. The van der Waals surface area contributed by atoms with E-state index in [0.29, 0.717) is 5.92 Å². The van der Waals surface area contributed by atoms with Gasteiger partial charge < -0.3 is 4.90 Å². The molecule has 0 unspecified atom stereocenters. The van der Waals surface area contributed by atoms with E-state index in [1.165, 1.54) is 5.56 Å². The van der Waals surface area contributed by atoms with Gasteiger partial charge in [-0.1, -0.05) is 42.5 Å². The smallest absolute Gasteiger partial charge is 0.253 e. The lowest BCUT2D eigenvalue weighted by atomic mass is 9.89. The number of nitrogens with zero attached hydrogens (tertiary/aromatic N) is 1. The van der Waals surface area contributed by atoms with Gasteiger partial charge in [-0.3, -0.25) is 4.79 Å². The van der Waals surface area contributed by atoms with Gasteiger partial charge in [0.25, 0.3) is 5.91 Å². The van der Waals surface area contributed by atoms with E-state index in [-0.39, 0.29) is 5.91 Å². The molecule has 0 saturated carbocycles. The van der Waals surface area contributed by atoms with Crippen LogP contribution in [-0.4, -0.2) is 23.9 Å². The van der Waals surface area contributed by atoms with Crippen LogP contribution in [0.15, 0.2) is 54.6 Å². The fourth-order valence-corrected chi connectivity index (χ4v) is 2.97. The van der Waals surface area contributed by atoms with Gasteiger partial charge in [0.2, 0.25) is 0 Å². The summed E-state index contributed by atoms with van der Waals surface area (Å²) < 4.78 is 0. The number of likely N-dealkylation sites (tertiary alicyclic amines) is 1. The number of carbonyl (C=O) groups excluding carboxylic acids is 1. The first-order valence-corrected chi connectivity index (χ1v) is 7.50. The van der Waals surface area contributed by atoms with E-state index in [1.54, 1.807) is 0 Å². The first-order valence-electron chi connectivity index (χ1n) is 7.50. The summed E-state index contributed by atoms with van der Waals surface area (Å²) in [5, 5.41) is 0. The Morgan fingerprint density at radius 3 is 2.19 bits per heavy atom. The fourth-order valence-electron chi connectivity index (χ4n) is 2.97. The van der Waals surface area contributed by atoms with E-state index in [2.05, 4.69) is 37.3 Å². The fraction of sp³-hybridized carbons (Fsp3) is 0.263. The highest BCUT2D eigenvalue weighted by Gasteiger charge is 2.24. The zero-order valence-electron chi connectivity index (χ0n) is 12.2. The molecule has 21 heavy (non-hydrogen) atoms. The number of amides is 1. The SMILES string of the molecule is [CH2]c1ccc(C(=O)N2CCC(c3ccccc3)CC2)cc1. The molecule has 2 aromatic rings. The highest BCUT2D eigenvalue weighted by atomic mass is 16.2. The van der Waals surface area contributed by atoms with E-state index >= 15 is 0 Å². The summed E-state index contributed by atoms with van der Waals surface area (Å²) in [6.45, 7) is 5.53. The van der Waals surface area contributed by atoms with Crippen LogP contribution in [0.5, 0.6) is 0 Å². The number of carbonyl (C=O) groups is 1. The molecular weight excluding hydrogens is 258 g/mol. The van der Waals surface area contributed by atoms with Crippen molar-refractivity contribution in [2.24, 2.45) is 0 Å². The van der Waals surface area contributed by atoms with Crippen LogP contribution in [0.3, 0.4) is 0 Å². The monoisotopic (exact) mass is 278 g/mol. The van der Waals surface area contributed by atoms with Crippen LogP contribution in [0.1, 0.15) is 40.2 Å². The Morgan fingerprint density at radius 2 is 1.57 bits per heavy atom. The Balaban J connectivity index is 1.63. The number of benzene rings is 2. The van der Waals surface area contributed by atoms with Gasteiger partial charge in [-0.15, -0.1) is 0 Å². The van der Waals surface area contributed by atoms with Gasteiger partial charge in [0.15, 0.2) is 0 Å². The summed E-state index contributed by atoms with van der Waals surface area (Å²) >= 11 is 0. The first-order chi connectivity index (χ1) is 10.2. The maximum absolute atomic E-state index is 12.5. The average Bonchev–Trinajstić information content (AvgIpc) is 2.56. The van der Waals surface area contributed by atoms with Crippen LogP contribution < -0.4 is 0 Å². The van der Waals surface area contributed by atoms with E-state index in [9.17, 15) is 4.79 Å². The van der Waals surface area contributed by atoms with E-state index < -0.39 is 0 Å². The van der Waals surface area contributed by atoms with E-state index in [0.717, 1.165) is 37.1 Å². The van der Waals surface area contributed by atoms with Crippen molar-refractivity contribution in [3.8, 4) is 0 Å². The van der Waals surface area contributed by atoms with Crippen LogP contribution in [0.4, 0.5) is 0 Å². The normalized spacial score (nSPS) is 16.0. The first kappa shape index (κ1) is 13.9. The highest BCUT2D eigenvalue weighted by Crippen LogP contribution is 2.28. The summed E-state index contributed by atoms with van der Waals surface area (Å²) in [5.74, 6) is 0.721. The minimum atomic E-state index is 0.140. The third kappa shape index (κ3) is 3.15. The van der Waals surface area contributed by atoms with Crippen LogP contribution in [0, 0.1) is 6.92 Å². The molecule has 0 aromatic heterocycles. The second kappa shape index (κ2) is 6.13. The summed E-state index contributed by atoms with van der Waals surface area (Å²) in [7, 11) is 0. The molecule has 0 atom stereocenters. The molecule has 2 heteroatoms. The topological polar surface area (TPSA) is 20.3 Å². The van der Waals surface area contributed by atoms with Gasteiger partial charge in [0.05, 0.1) is 0 Å².